The summed E-state index contributed by atoms with van der Waals surface area (Å²) < 4.78 is 5.31. The van der Waals surface area contributed by atoms with Crippen molar-refractivity contribution < 1.29 is 14.6 Å². The Labute approximate surface area is 97.6 Å². The third kappa shape index (κ3) is 3.37. The molecule has 2 atom stereocenters. The minimum absolute atomic E-state index is 0.108. The number of amides is 1. The molecule has 0 saturated carbocycles. The summed E-state index contributed by atoms with van der Waals surface area (Å²) in [5.74, 6) is 0.215. The lowest BCUT2D eigenvalue weighted by Crippen LogP contribution is -2.50. The van der Waals surface area contributed by atoms with Gasteiger partial charge in [-0.1, -0.05) is 13.8 Å². The Balaban J connectivity index is 2.58. The number of carbonyl (C=O) groups is 1. The molecule has 0 unspecified atom stereocenters. The fourth-order valence-corrected chi connectivity index (χ4v) is 2.02. The Kier molecular flexibility index (Phi) is 3.84. The van der Waals surface area contributed by atoms with Gasteiger partial charge in [0, 0.05) is 24.9 Å². The van der Waals surface area contributed by atoms with Gasteiger partial charge in [0.2, 0.25) is 0 Å². The van der Waals surface area contributed by atoms with Crippen LogP contribution in [0.5, 0.6) is 0 Å². The van der Waals surface area contributed by atoms with Crippen LogP contribution in [0.25, 0.3) is 0 Å². The average Bonchev–Trinajstić information content (AvgIpc) is 2.10. The molecule has 1 rings (SSSR count). The zero-order chi connectivity index (χ0) is 12.5. The molecule has 1 heterocycles. The van der Waals surface area contributed by atoms with Gasteiger partial charge in [-0.2, -0.15) is 0 Å². The average molecular weight is 229 g/mol. The minimum atomic E-state index is -0.459. The van der Waals surface area contributed by atoms with Crippen LogP contribution in [0.2, 0.25) is 0 Å². The number of hydrogen-bond donors (Lipinski definition) is 1. The van der Waals surface area contributed by atoms with Crippen LogP contribution in [0.15, 0.2) is 0 Å². The van der Waals surface area contributed by atoms with Crippen molar-refractivity contribution in [2.75, 3.05) is 13.1 Å². The van der Waals surface area contributed by atoms with Crippen molar-refractivity contribution >= 4 is 6.09 Å². The number of aliphatic hydroxyl groups is 1. The maximum Gasteiger partial charge on any atom is 0.410 e. The van der Waals surface area contributed by atoms with Gasteiger partial charge in [0.1, 0.15) is 5.60 Å². The van der Waals surface area contributed by atoms with Crippen LogP contribution in [0.3, 0.4) is 0 Å². The molecular formula is C12H23NO3. The van der Waals surface area contributed by atoms with Gasteiger partial charge in [-0.15, -0.1) is 0 Å². The van der Waals surface area contributed by atoms with E-state index in [2.05, 4.69) is 0 Å². The number of rotatable bonds is 0. The van der Waals surface area contributed by atoms with E-state index >= 15 is 0 Å². The smallest absolute Gasteiger partial charge is 0.410 e. The molecule has 0 spiro atoms. The molecule has 0 aromatic heterocycles. The van der Waals surface area contributed by atoms with Crippen molar-refractivity contribution in [2.45, 2.75) is 46.3 Å². The normalized spacial score (nSPS) is 28.0. The highest BCUT2D eigenvalue weighted by Gasteiger charge is 2.34. The first-order valence-electron chi connectivity index (χ1n) is 5.86. The monoisotopic (exact) mass is 229 g/mol. The molecule has 1 aliphatic rings. The van der Waals surface area contributed by atoms with Crippen LogP contribution in [0.1, 0.15) is 34.6 Å². The zero-order valence-electron chi connectivity index (χ0n) is 10.9. The van der Waals surface area contributed by atoms with Gasteiger partial charge in [-0.05, 0) is 20.8 Å². The van der Waals surface area contributed by atoms with E-state index < -0.39 is 5.60 Å². The lowest BCUT2D eigenvalue weighted by molar-refractivity contribution is -0.0272. The van der Waals surface area contributed by atoms with Crippen LogP contribution < -0.4 is 0 Å². The minimum Gasteiger partial charge on any atom is -0.444 e. The molecule has 1 fully saturated rings. The third-order valence-corrected chi connectivity index (χ3v) is 2.83. The maximum atomic E-state index is 11.8. The van der Waals surface area contributed by atoms with Crippen LogP contribution in [0, 0.1) is 11.8 Å². The first kappa shape index (κ1) is 13.3. The SMILES string of the molecule is C[C@H]1CN(C(=O)OC(C)(C)C)C[C@H](C)C1O. The highest BCUT2D eigenvalue weighted by Crippen LogP contribution is 2.23. The molecular weight excluding hydrogens is 206 g/mol. The number of ether oxygens (including phenoxy) is 1. The van der Waals surface area contributed by atoms with Gasteiger partial charge >= 0.3 is 6.09 Å². The lowest BCUT2D eigenvalue weighted by Gasteiger charge is -2.39. The first-order valence-corrected chi connectivity index (χ1v) is 5.86. The van der Waals surface area contributed by atoms with Gasteiger partial charge in [-0.25, -0.2) is 4.79 Å². The van der Waals surface area contributed by atoms with Crippen molar-refractivity contribution in [1.29, 1.82) is 0 Å². The number of hydrogen-bond acceptors (Lipinski definition) is 3. The molecule has 1 aliphatic heterocycles. The maximum absolute atomic E-state index is 11.8. The molecule has 1 N–H and O–H groups in total. The van der Waals surface area contributed by atoms with E-state index in [9.17, 15) is 9.90 Å². The van der Waals surface area contributed by atoms with Crippen LogP contribution in [-0.4, -0.2) is 40.9 Å². The quantitative estimate of drug-likeness (QED) is 0.690. The highest BCUT2D eigenvalue weighted by atomic mass is 16.6. The lowest BCUT2D eigenvalue weighted by atomic mass is 9.89. The molecule has 94 valence electrons. The Hall–Kier alpha value is -0.770. The summed E-state index contributed by atoms with van der Waals surface area (Å²) >= 11 is 0. The van der Waals surface area contributed by atoms with Crippen molar-refractivity contribution in [3.63, 3.8) is 0 Å². The number of carbonyl (C=O) groups excluding carboxylic acids is 1. The topological polar surface area (TPSA) is 49.8 Å². The Bertz CT molecular complexity index is 247. The summed E-state index contributed by atoms with van der Waals surface area (Å²) in [5.41, 5.74) is -0.459. The second kappa shape index (κ2) is 4.62. The standard InChI is InChI=1S/C12H23NO3/c1-8-6-13(7-9(2)10(8)14)11(15)16-12(3,4)5/h8-10,14H,6-7H2,1-5H3/t8-,9-/m0/s1. The molecule has 4 nitrogen and oxygen atoms in total. The van der Waals surface area contributed by atoms with Gasteiger partial charge in [0.05, 0.1) is 6.10 Å². The van der Waals surface area contributed by atoms with Crippen molar-refractivity contribution in [3.8, 4) is 0 Å². The molecule has 0 radical (unpaired) electrons. The summed E-state index contributed by atoms with van der Waals surface area (Å²) in [6.45, 7) is 10.6. The van der Waals surface area contributed by atoms with E-state index in [0.717, 1.165) is 0 Å². The predicted molar refractivity (Wildman–Crippen MR) is 62.1 cm³/mol. The Morgan fingerprint density at radius 2 is 1.69 bits per heavy atom. The summed E-state index contributed by atoms with van der Waals surface area (Å²) in [7, 11) is 0. The largest absolute Gasteiger partial charge is 0.444 e. The fraction of sp³-hybridized carbons (Fsp3) is 0.917. The number of aliphatic hydroxyl groups excluding tert-OH is 1. The van der Waals surface area contributed by atoms with Crippen molar-refractivity contribution in [1.82, 2.24) is 4.90 Å². The molecule has 0 aliphatic carbocycles. The molecule has 1 amide bonds. The Morgan fingerprint density at radius 1 is 1.25 bits per heavy atom. The Morgan fingerprint density at radius 3 is 2.06 bits per heavy atom. The van der Waals surface area contributed by atoms with Gasteiger partial charge < -0.3 is 14.7 Å². The fourth-order valence-electron chi connectivity index (χ4n) is 2.02. The second-order valence-electron chi connectivity index (χ2n) is 5.83. The van der Waals surface area contributed by atoms with E-state index in [0.29, 0.717) is 13.1 Å². The molecule has 4 heteroatoms. The molecule has 1 saturated heterocycles. The number of piperidine rings is 1. The van der Waals surface area contributed by atoms with Crippen LogP contribution in [0.4, 0.5) is 4.79 Å². The van der Waals surface area contributed by atoms with Crippen molar-refractivity contribution in [2.24, 2.45) is 11.8 Å². The first-order chi connectivity index (χ1) is 7.20. The zero-order valence-corrected chi connectivity index (χ0v) is 10.9. The highest BCUT2D eigenvalue weighted by molar-refractivity contribution is 5.68. The summed E-state index contributed by atoms with van der Waals surface area (Å²) in [6.07, 6.45) is -0.600. The molecule has 0 aromatic carbocycles. The van der Waals surface area contributed by atoms with Gasteiger partial charge in [-0.3, -0.25) is 0 Å². The number of nitrogens with zero attached hydrogens (tertiary/aromatic N) is 1. The number of likely N-dealkylation sites (tertiary alicyclic amines) is 1. The van der Waals surface area contributed by atoms with E-state index in [1.54, 1.807) is 4.90 Å². The molecule has 0 bridgehead atoms. The van der Waals surface area contributed by atoms with Crippen LogP contribution in [-0.2, 0) is 4.74 Å². The van der Waals surface area contributed by atoms with E-state index in [1.807, 2.05) is 34.6 Å². The second-order valence-corrected chi connectivity index (χ2v) is 5.83. The summed E-state index contributed by atoms with van der Waals surface area (Å²) in [6, 6.07) is 0. The third-order valence-electron chi connectivity index (χ3n) is 2.83. The van der Waals surface area contributed by atoms with Crippen LogP contribution >= 0.6 is 0 Å². The molecule has 16 heavy (non-hydrogen) atoms. The van der Waals surface area contributed by atoms with E-state index in [4.69, 9.17) is 4.74 Å². The van der Waals surface area contributed by atoms with E-state index in [1.165, 1.54) is 0 Å². The molecule has 0 aromatic rings. The summed E-state index contributed by atoms with van der Waals surface area (Å²) in [5, 5.41) is 9.80. The van der Waals surface area contributed by atoms with Crippen molar-refractivity contribution in [3.05, 3.63) is 0 Å². The predicted octanol–water partition coefficient (Wildman–Crippen LogP) is 1.87. The summed E-state index contributed by atoms with van der Waals surface area (Å²) in [4.78, 5) is 13.5. The van der Waals surface area contributed by atoms with Gasteiger partial charge in [0.25, 0.3) is 0 Å². The van der Waals surface area contributed by atoms with Gasteiger partial charge in [0.15, 0.2) is 0 Å². The van der Waals surface area contributed by atoms with E-state index in [-0.39, 0.29) is 24.0 Å².